The minimum absolute atomic E-state index is 0.119. The SMILES string of the molecule is C/C(=N/NC(=O)CN(c1ccccc1)S(=O)(=O)c1ccc(C)cc1)c1ccccc1. The predicted molar refractivity (Wildman–Crippen MR) is 119 cm³/mol. The fourth-order valence-corrected chi connectivity index (χ4v) is 4.22. The van der Waals surface area contributed by atoms with Crippen LogP contribution in [0.25, 0.3) is 0 Å². The molecule has 0 aliphatic rings. The van der Waals surface area contributed by atoms with Gasteiger partial charge >= 0.3 is 0 Å². The molecule has 0 atom stereocenters. The van der Waals surface area contributed by atoms with E-state index in [0.29, 0.717) is 11.4 Å². The Hall–Kier alpha value is -3.45. The first-order chi connectivity index (χ1) is 14.4. The molecule has 3 rings (SSSR count). The van der Waals surface area contributed by atoms with Crippen LogP contribution in [0, 0.1) is 6.92 Å². The van der Waals surface area contributed by atoms with Gasteiger partial charge < -0.3 is 0 Å². The molecule has 0 unspecified atom stereocenters. The molecule has 0 aliphatic carbocycles. The second kappa shape index (κ2) is 9.37. The van der Waals surface area contributed by atoms with E-state index in [4.69, 9.17) is 0 Å². The molecule has 0 fully saturated rings. The van der Waals surface area contributed by atoms with E-state index in [2.05, 4.69) is 10.5 Å². The molecule has 0 bridgehead atoms. The Morgan fingerprint density at radius 3 is 2.07 bits per heavy atom. The highest BCUT2D eigenvalue weighted by Gasteiger charge is 2.27. The number of aryl methyl sites for hydroxylation is 1. The number of hydrogen-bond acceptors (Lipinski definition) is 4. The summed E-state index contributed by atoms with van der Waals surface area (Å²) in [6.07, 6.45) is 0. The number of rotatable bonds is 7. The lowest BCUT2D eigenvalue weighted by molar-refractivity contribution is -0.119. The summed E-state index contributed by atoms with van der Waals surface area (Å²) in [5, 5.41) is 4.10. The number of hydrogen-bond donors (Lipinski definition) is 1. The van der Waals surface area contributed by atoms with E-state index in [1.165, 1.54) is 12.1 Å². The van der Waals surface area contributed by atoms with Crippen molar-refractivity contribution in [1.82, 2.24) is 5.43 Å². The number of para-hydroxylation sites is 1. The third kappa shape index (κ3) is 5.12. The van der Waals surface area contributed by atoms with Crippen LogP contribution < -0.4 is 9.73 Å². The van der Waals surface area contributed by atoms with Crippen LogP contribution in [0.1, 0.15) is 18.1 Å². The lowest BCUT2D eigenvalue weighted by Crippen LogP contribution is -2.39. The molecular formula is C23H23N3O3S. The molecule has 0 saturated heterocycles. The normalized spacial score (nSPS) is 11.7. The van der Waals surface area contributed by atoms with Crippen LogP contribution in [-0.4, -0.2) is 26.6 Å². The number of carbonyl (C=O) groups is 1. The quantitative estimate of drug-likeness (QED) is 0.466. The van der Waals surface area contributed by atoms with E-state index in [1.807, 2.05) is 37.3 Å². The van der Waals surface area contributed by atoms with Crippen LogP contribution in [0.5, 0.6) is 0 Å². The van der Waals surface area contributed by atoms with Crippen molar-refractivity contribution in [3.05, 3.63) is 96.1 Å². The van der Waals surface area contributed by atoms with Crippen molar-refractivity contribution in [3.8, 4) is 0 Å². The number of benzene rings is 3. The summed E-state index contributed by atoms with van der Waals surface area (Å²) in [6, 6.07) is 24.5. The van der Waals surface area contributed by atoms with Gasteiger partial charge in [0.05, 0.1) is 16.3 Å². The van der Waals surface area contributed by atoms with Crippen molar-refractivity contribution in [2.45, 2.75) is 18.7 Å². The van der Waals surface area contributed by atoms with E-state index in [-0.39, 0.29) is 4.90 Å². The highest BCUT2D eigenvalue weighted by Crippen LogP contribution is 2.23. The maximum Gasteiger partial charge on any atom is 0.264 e. The molecule has 3 aromatic rings. The average Bonchev–Trinajstić information content (AvgIpc) is 2.77. The lowest BCUT2D eigenvalue weighted by Gasteiger charge is -2.23. The summed E-state index contributed by atoms with van der Waals surface area (Å²) in [6.45, 7) is 3.26. The number of nitrogens with zero attached hydrogens (tertiary/aromatic N) is 2. The molecule has 0 saturated carbocycles. The van der Waals surface area contributed by atoms with Crippen molar-refractivity contribution >= 4 is 27.3 Å². The van der Waals surface area contributed by atoms with Gasteiger partial charge in [-0.2, -0.15) is 5.10 Å². The van der Waals surface area contributed by atoms with Crippen molar-refractivity contribution in [2.24, 2.45) is 5.10 Å². The van der Waals surface area contributed by atoms with Gasteiger partial charge in [0.25, 0.3) is 15.9 Å². The van der Waals surface area contributed by atoms with Gasteiger partial charge in [-0.15, -0.1) is 0 Å². The Kier molecular flexibility index (Phi) is 6.64. The van der Waals surface area contributed by atoms with E-state index < -0.39 is 22.5 Å². The molecular weight excluding hydrogens is 398 g/mol. The first kappa shape index (κ1) is 21.3. The van der Waals surface area contributed by atoms with Gasteiger partial charge in [0, 0.05) is 0 Å². The van der Waals surface area contributed by atoms with Gasteiger partial charge in [0.2, 0.25) is 0 Å². The van der Waals surface area contributed by atoms with E-state index in [1.54, 1.807) is 49.4 Å². The summed E-state index contributed by atoms with van der Waals surface area (Å²) < 4.78 is 27.6. The zero-order valence-electron chi connectivity index (χ0n) is 16.8. The summed E-state index contributed by atoms with van der Waals surface area (Å²) >= 11 is 0. The average molecular weight is 422 g/mol. The van der Waals surface area contributed by atoms with Gasteiger partial charge in [-0.25, -0.2) is 13.8 Å². The first-order valence-electron chi connectivity index (χ1n) is 9.41. The van der Waals surface area contributed by atoms with Gasteiger partial charge in [0.15, 0.2) is 0 Å². The Bertz CT molecular complexity index is 1130. The third-order valence-electron chi connectivity index (χ3n) is 4.48. The first-order valence-corrected chi connectivity index (χ1v) is 10.8. The number of anilines is 1. The maximum atomic E-state index is 13.2. The Morgan fingerprint density at radius 1 is 0.900 bits per heavy atom. The molecule has 3 aromatic carbocycles. The van der Waals surface area contributed by atoms with Crippen LogP contribution in [0.4, 0.5) is 5.69 Å². The molecule has 0 aliphatic heterocycles. The van der Waals surface area contributed by atoms with Crippen LogP contribution in [-0.2, 0) is 14.8 Å². The van der Waals surface area contributed by atoms with Gasteiger partial charge in [-0.3, -0.25) is 9.10 Å². The number of carbonyl (C=O) groups excluding carboxylic acids is 1. The molecule has 0 spiro atoms. The third-order valence-corrected chi connectivity index (χ3v) is 6.27. The molecule has 30 heavy (non-hydrogen) atoms. The minimum atomic E-state index is -3.93. The van der Waals surface area contributed by atoms with E-state index in [0.717, 1.165) is 15.4 Å². The molecule has 1 N–H and O–H groups in total. The van der Waals surface area contributed by atoms with Gasteiger partial charge in [0.1, 0.15) is 6.54 Å². The number of nitrogens with one attached hydrogen (secondary N) is 1. The van der Waals surface area contributed by atoms with E-state index >= 15 is 0 Å². The monoisotopic (exact) mass is 421 g/mol. The van der Waals surface area contributed by atoms with Crippen LogP contribution in [0.3, 0.4) is 0 Å². The zero-order chi connectivity index (χ0) is 21.6. The fraction of sp³-hybridized carbons (Fsp3) is 0.130. The summed E-state index contributed by atoms with van der Waals surface area (Å²) in [5.41, 5.74) is 5.29. The Labute approximate surface area is 176 Å². The van der Waals surface area contributed by atoms with Gasteiger partial charge in [-0.05, 0) is 43.7 Å². The molecule has 0 heterocycles. The minimum Gasteiger partial charge on any atom is -0.271 e. The zero-order valence-corrected chi connectivity index (χ0v) is 17.6. The Morgan fingerprint density at radius 2 is 1.47 bits per heavy atom. The second-order valence-electron chi connectivity index (χ2n) is 6.76. The highest BCUT2D eigenvalue weighted by atomic mass is 32.2. The molecule has 0 radical (unpaired) electrons. The standard InChI is InChI=1S/C23H23N3O3S/c1-18-13-15-22(16-14-18)30(28,29)26(21-11-7-4-8-12-21)17-23(27)25-24-19(2)20-9-5-3-6-10-20/h3-16H,17H2,1-2H3,(H,25,27)/b24-19-. The highest BCUT2D eigenvalue weighted by molar-refractivity contribution is 7.92. The van der Waals surface area contributed by atoms with Crippen molar-refractivity contribution < 1.29 is 13.2 Å². The number of amides is 1. The van der Waals surface area contributed by atoms with Crippen LogP contribution in [0.2, 0.25) is 0 Å². The number of hydrazone groups is 1. The molecule has 6 nitrogen and oxygen atoms in total. The molecule has 154 valence electrons. The summed E-state index contributed by atoms with van der Waals surface area (Å²) in [7, 11) is -3.93. The summed E-state index contributed by atoms with van der Waals surface area (Å²) in [4.78, 5) is 12.7. The van der Waals surface area contributed by atoms with Crippen molar-refractivity contribution in [2.75, 3.05) is 10.8 Å². The smallest absolute Gasteiger partial charge is 0.264 e. The Balaban J connectivity index is 1.85. The summed E-state index contributed by atoms with van der Waals surface area (Å²) in [5.74, 6) is -0.537. The predicted octanol–water partition coefficient (Wildman–Crippen LogP) is 3.73. The largest absolute Gasteiger partial charge is 0.271 e. The maximum absolute atomic E-state index is 13.2. The molecule has 7 heteroatoms. The topological polar surface area (TPSA) is 78.8 Å². The molecule has 0 aromatic heterocycles. The molecule has 1 amide bonds. The van der Waals surface area contributed by atoms with E-state index in [9.17, 15) is 13.2 Å². The van der Waals surface area contributed by atoms with Crippen LogP contribution >= 0.6 is 0 Å². The van der Waals surface area contributed by atoms with Crippen molar-refractivity contribution in [3.63, 3.8) is 0 Å². The van der Waals surface area contributed by atoms with Crippen LogP contribution in [0.15, 0.2) is 94.9 Å². The second-order valence-corrected chi connectivity index (χ2v) is 8.62. The fourth-order valence-electron chi connectivity index (χ4n) is 2.80. The lowest BCUT2D eigenvalue weighted by atomic mass is 10.1. The van der Waals surface area contributed by atoms with Gasteiger partial charge in [-0.1, -0.05) is 66.2 Å². The number of sulfonamides is 1. The van der Waals surface area contributed by atoms with Crippen molar-refractivity contribution in [1.29, 1.82) is 0 Å².